The van der Waals surface area contributed by atoms with Crippen LogP contribution in [0.3, 0.4) is 0 Å². The number of nitrogens with zero attached hydrogens (tertiary/aromatic N) is 1. The molecule has 0 bridgehead atoms. The molecule has 26 heavy (non-hydrogen) atoms. The van der Waals surface area contributed by atoms with Gasteiger partial charge in [0.15, 0.2) is 0 Å². The van der Waals surface area contributed by atoms with E-state index in [4.69, 9.17) is 0 Å². The molecule has 134 valence electrons. The van der Waals surface area contributed by atoms with Crippen molar-refractivity contribution in [1.29, 1.82) is 0 Å². The van der Waals surface area contributed by atoms with E-state index in [0.29, 0.717) is 29.8 Å². The number of benzene rings is 2. The van der Waals surface area contributed by atoms with Crippen molar-refractivity contribution in [1.82, 2.24) is 4.90 Å². The Bertz CT molecular complexity index is 873. The Kier molecular flexibility index (Phi) is 4.23. The zero-order valence-electron chi connectivity index (χ0n) is 14.4. The van der Waals surface area contributed by atoms with Crippen molar-refractivity contribution in [2.75, 3.05) is 11.1 Å². The van der Waals surface area contributed by atoms with Gasteiger partial charge in [-0.1, -0.05) is 30.3 Å². The minimum absolute atomic E-state index is 0.00910. The number of thioether (sulfide) groups is 1. The number of nitrogens with one attached hydrogen (secondary N) is 1. The highest BCUT2D eigenvalue weighted by atomic mass is 32.2. The first-order valence-corrected chi connectivity index (χ1v) is 9.58. The summed E-state index contributed by atoms with van der Waals surface area (Å²) in [6.45, 7) is 1.75. The number of aryl methyl sites for hydroxylation is 1. The van der Waals surface area contributed by atoms with E-state index in [1.807, 2.05) is 30.3 Å². The van der Waals surface area contributed by atoms with E-state index < -0.39 is 10.9 Å². The first-order valence-electron chi connectivity index (χ1n) is 8.60. The van der Waals surface area contributed by atoms with Crippen LogP contribution >= 0.6 is 11.8 Å². The Labute approximate surface area is 155 Å². The molecule has 2 heterocycles. The molecular weight excluding hydrogens is 351 g/mol. The summed E-state index contributed by atoms with van der Waals surface area (Å²) in [6, 6.07) is 13.6. The summed E-state index contributed by atoms with van der Waals surface area (Å²) in [6.07, 6.45) is 1.15. The van der Waals surface area contributed by atoms with Gasteiger partial charge in [0.2, 0.25) is 11.8 Å². The summed E-state index contributed by atoms with van der Waals surface area (Å²) in [4.78, 5) is 26.8. The van der Waals surface area contributed by atoms with E-state index in [2.05, 4.69) is 5.32 Å². The van der Waals surface area contributed by atoms with Gasteiger partial charge in [0.1, 0.15) is 16.7 Å². The van der Waals surface area contributed by atoms with Gasteiger partial charge < -0.3 is 10.2 Å². The molecule has 2 atom stereocenters. The highest BCUT2D eigenvalue weighted by Gasteiger charge is 2.56. The zero-order chi connectivity index (χ0) is 18.3. The van der Waals surface area contributed by atoms with Gasteiger partial charge in [0, 0.05) is 17.9 Å². The van der Waals surface area contributed by atoms with Crippen molar-refractivity contribution >= 4 is 29.3 Å². The number of carbonyl (C=O) groups excluding carboxylic acids is 2. The monoisotopic (exact) mass is 370 g/mol. The van der Waals surface area contributed by atoms with E-state index >= 15 is 0 Å². The molecule has 2 saturated heterocycles. The van der Waals surface area contributed by atoms with Crippen molar-refractivity contribution in [3.05, 3.63) is 65.5 Å². The summed E-state index contributed by atoms with van der Waals surface area (Å²) in [7, 11) is 0. The number of halogens is 1. The van der Waals surface area contributed by atoms with Crippen molar-refractivity contribution in [2.45, 2.75) is 30.7 Å². The Balaban J connectivity index is 1.62. The lowest BCUT2D eigenvalue weighted by molar-refractivity contribution is -0.136. The van der Waals surface area contributed by atoms with Crippen LogP contribution in [-0.4, -0.2) is 28.5 Å². The quantitative estimate of drug-likeness (QED) is 0.897. The lowest BCUT2D eigenvalue weighted by atomic mass is 10.0. The van der Waals surface area contributed by atoms with Gasteiger partial charge in [0.25, 0.3) is 0 Å². The third-order valence-electron chi connectivity index (χ3n) is 5.10. The van der Waals surface area contributed by atoms with E-state index in [0.717, 1.165) is 5.56 Å². The van der Waals surface area contributed by atoms with E-state index in [9.17, 15) is 14.0 Å². The number of hydrogen-bond donors (Lipinski definition) is 1. The van der Waals surface area contributed by atoms with Crippen molar-refractivity contribution < 1.29 is 14.0 Å². The molecule has 4 rings (SSSR count). The summed E-state index contributed by atoms with van der Waals surface area (Å²) in [5, 5.41) is 2.87. The molecule has 4 nitrogen and oxygen atoms in total. The minimum atomic E-state index is -0.528. The molecule has 2 aliphatic rings. The standard InChI is InChI=1S/C20H19FN2O2S/c1-13-11-15(21)7-8-16(13)22-19(25)17-12-26-20(10-9-18(24)23(17)20)14-5-3-2-4-6-14/h2-8,11,17H,9-10,12H2,1H3,(H,22,25)/t17-,20+/m1/s1. The summed E-state index contributed by atoms with van der Waals surface area (Å²) >= 11 is 1.66. The third kappa shape index (κ3) is 2.69. The van der Waals surface area contributed by atoms with Crippen LogP contribution in [0.5, 0.6) is 0 Å². The Morgan fingerprint density at radius 3 is 2.77 bits per heavy atom. The second-order valence-electron chi connectivity index (χ2n) is 6.69. The fraction of sp³-hybridized carbons (Fsp3) is 0.300. The predicted octanol–water partition coefficient (Wildman–Crippen LogP) is 3.66. The van der Waals surface area contributed by atoms with E-state index in [1.54, 1.807) is 29.7 Å². The number of amides is 2. The van der Waals surface area contributed by atoms with Crippen molar-refractivity contribution in [3.8, 4) is 0 Å². The highest BCUT2D eigenvalue weighted by molar-refractivity contribution is 8.00. The molecule has 0 aromatic heterocycles. The van der Waals surface area contributed by atoms with Gasteiger partial charge in [-0.25, -0.2) is 4.39 Å². The van der Waals surface area contributed by atoms with Crippen molar-refractivity contribution in [3.63, 3.8) is 0 Å². The number of anilines is 1. The fourth-order valence-corrected chi connectivity index (χ4v) is 5.47. The molecule has 0 aliphatic carbocycles. The first-order chi connectivity index (χ1) is 12.5. The lowest BCUT2D eigenvalue weighted by Crippen LogP contribution is -2.48. The van der Waals surface area contributed by atoms with E-state index in [-0.39, 0.29) is 17.6 Å². The molecule has 0 radical (unpaired) electrons. The smallest absolute Gasteiger partial charge is 0.248 e. The second kappa shape index (κ2) is 6.43. The van der Waals surface area contributed by atoms with Crippen LogP contribution in [0.4, 0.5) is 10.1 Å². The maximum absolute atomic E-state index is 13.3. The van der Waals surface area contributed by atoms with Crippen LogP contribution in [0, 0.1) is 12.7 Å². The second-order valence-corrected chi connectivity index (χ2v) is 7.99. The fourth-order valence-electron chi connectivity index (χ4n) is 3.82. The van der Waals surface area contributed by atoms with Gasteiger partial charge in [0.05, 0.1) is 0 Å². The number of hydrogen-bond acceptors (Lipinski definition) is 3. The van der Waals surface area contributed by atoms with Crippen LogP contribution in [-0.2, 0) is 14.5 Å². The molecule has 1 N–H and O–H groups in total. The van der Waals surface area contributed by atoms with Gasteiger partial charge in [-0.15, -0.1) is 11.8 Å². The number of fused-ring (bicyclic) bond motifs is 1. The molecule has 6 heteroatoms. The largest absolute Gasteiger partial charge is 0.324 e. The third-order valence-corrected chi connectivity index (χ3v) is 6.70. The van der Waals surface area contributed by atoms with Crippen LogP contribution in [0.2, 0.25) is 0 Å². The SMILES string of the molecule is Cc1cc(F)ccc1NC(=O)[C@H]1CS[C@]2(c3ccccc3)CCC(=O)N12. The molecule has 0 spiro atoms. The summed E-state index contributed by atoms with van der Waals surface area (Å²) in [5.74, 6) is -0.00276. The molecule has 2 fully saturated rings. The van der Waals surface area contributed by atoms with Gasteiger partial charge >= 0.3 is 0 Å². The van der Waals surface area contributed by atoms with Crippen molar-refractivity contribution in [2.24, 2.45) is 0 Å². The molecular formula is C20H19FN2O2S. The Morgan fingerprint density at radius 2 is 2.04 bits per heavy atom. The maximum Gasteiger partial charge on any atom is 0.248 e. The molecule has 2 aromatic rings. The predicted molar refractivity (Wildman–Crippen MR) is 100 cm³/mol. The van der Waals surface area contributed by atoms with Crippen LogP contribution in [0.25, 0.3) is 0 Å². The summed E-state index contributed by atoms with van der Waals surface area (Å²) in [5.41, 5.74) is 2.29. The minimum Gasteiger partial charge on any atom is -0.324 e. The number of rotatable bonds is 3. The topological polar surface area (TPSA) is 49.4 Å². The number of carbonyl (C=O) groups is 2. The van der Waals surface area contributed by atoms with Gasteiger partial charge in [-0.2, -0.15) is 0 Å². The summed E-state index contributed by atoms with van der Waals surface area (Å²) < 4.78 is 13.3. The van der Waals surface area contributed by atoms with Gasteiger partial charge in [-0.05, 0) is 42.7 Å². The first kappa shape index (κ1) is 17.1. The van der Waals surface area contributed by atoms with Crippen LogP contribution < -0.4 is 5.32 Å². The molecule has 2 amide bonds. The molecule has 0 unspecified atom stereocenters. The Hall–Kier alpha value is -2.34. The molecule has 2 aliphatic heterocycles. The lowest BCUT2D eigenvalue weighted by Gasteiger charge is -2.34. The average molecular weight is 370 g/mol. The van der Waals surface area contributed by atoms with Crippen LogP contribution in [0.15, 0.2) is 48.5 Å². The molecule has 0 saturated carbocycles. The normalized spacial score (nSPS) is 24.6. The molecule has 2 aromatic carbocycles. The van der Waals surface area contributed by atoms with Crippen LogP contribution in [0.1, 0.15) is 24.0 Å². The van der Waals surface area contributed by atoms with E-state index in [1.165, 1.54) is 12.1 Å². The average Bonchev–Trinajstić information content (AvgIpc) is 3.18. The highest BCUT2D eigenvalue weighted by Crippen LogP contribution is 2.54. The Morgan fingerprint density at radius 1 is 1.27 bits per heavy atom. The maximum atomic E-state index is 13.3. The zero-order valence-corrected chi connectivity index (χ0v) is 15.2. The van der Waals surface area contributed by atoms with Gasteiger partial charge in [-0.3, -0.25) is 9.59 Å².